The Morgan fingerprint density at radius 2 is 0.617 bits per heavy atom. The van der Waals surface area contributed by atoms with Gasteiger partial charge in [-0.05, 0) is 133 Å². The number of ether oxygens (including phenoxy) is 4. The van der Waals surface area contributed by atoms with E-state index < -0.39 is 11.6 Å². The van der Waals surface area contributed by atoms with Crippen LogP contribution in [0, 0.1) is 102 Å². The molecule has 3 fully saturated rings. The molecule has 60 heavy (non-hydrogen) atoms. The van der Waals surface area contributed by atoms with Gasteiger partial charge in [0.2, 0.25) is 0 Å². The first-order chi connectivity index (χ1) is 28.2. The van der Waals surface area contributed by atoms with Crippen LogP contribution in [0.5, 0.6) is 0 Å². The molecule has 0 amide bonds. The highest BCUT2D eigenvalue weighted by atomic mass is 19.1. The van der Waals surface area contributed by atoms with Crippen LogP contribution in [0.4, 0.5) is 17.6 Å². The van der Waals surface area contributed by atoms with Gasteiger partial charge in [0.1, 0.15) is 23.3 Å². The van der Waals surface area contributed by atoms with Gasteiger partial charge >= 0.3 is 0 Å². The van der Waals surface area contributed by atoms with Gasteiger partial charge < -0.3 is 18.9 Å². The molecular formula is C52H76F4O4. The highest BCUT2D eigenvalue weighted by molar-refractivity contribution is 5.24. The van der Waals surface area contributed by atoms with Gasteiger partial charge in [0.25, 0.3) is 0 Å². The monoisotopic (exact) mass is 841 g/mol. The summed E-state index contributed by atoms with van der Waals surface area (Å²) in [6.07, 6.45) is 5.93. The summed E-state index contributed by atoms with van der Waals surface area (Å²) in [5, 5.41) is 0. The minimum atomic E-state index is -0.475. The van der Waals surface area contributed by atoms with E-state index >= 15 is 0 Å². The van der Waals surface area contributed by atoms with Crippen molar-refractivity contribution in [3.8, 4) is 0 Å². The molecule has 4 nitrogen and oxygen atoms in total. The highest BCUT2D eigenvalue weighted by Crippen LogP contribution is 2.27. The summed E-state index contributed by atoms with van der Waals surface area (Å²) in [7, 11) is 0. The lowest BCUT2D eigenvalue weighted by Gasteiger charge is -2.24. The zero-order chi connectivity index (χ0) is 45.4. The molecule has 0 spiro atoms. The molecule has 1 aliphatic carbocycles. The number of halogens is 4. The topological polar surface area (TPSA) is 36.9 Å². The molecule has 0 unspecified atom stereocenters. The summed E-state index contributed by atoms with van der Waals surface area (Å²) in [5.74, 6) is 2.01. The quantitative estimate of drug-likeness (QED) is 0.165. The van der Waals surface area contributed by atoms with E-state index in [-0.39, 0.29) is 29.8 Å². The summed E-state index contributed by atoms with van der Waals surface area (Å²) in [5.41, 5.74) is 6.72. The summed E-state index contributed by atoms with van der Waals surface area (Å²) in [6, 6.07) is 21.6. The molecule has 0 radical (unpaired) electrons. The van der Waals surface area contributed by atoms with Gasteiger partial charge in [0, 0.05) is 17.4 Å². The van der Waals surface area contributed by atoms with E-state index in [1.54, 1.807) is 32.9 Å². The number of rotatable bonds is 0. The second-order valence-corrected chi connectivity index (χ2v) is 17.1. The Balaban J connectivity index is 0.000000350. The van der Waals surface area contributed by atoms with Gasteiger partial charge in [-0.25, -0.2) is 17.6 Å². The number of hydrogen-bond acceptors (Lipinski definition) is 4. The predicted octanol–water partition coefficient (Wildman–Crippen LogP) is 14.6. The zero-order valence-electron chi connectivity index (χ0n) is 39.2. The molecule has 0 N–H and O–H groups in total. The third-order valence-electron chi connectivity index (χ3n) is 10.1. The third kappa shape index (κ3) is 25.3. The SMILES string of the molecule is CC1CCC(C)CC1.CC1COC(C)OC1.CC1COC(C)OC1.Cc1cc(F)c(C)c(F)c1.Cc1ccc(C)c(F)c1.Cc1ccc(C)c(F)c1.Cc1ccc(C)cc1. The van der Waals surface area contributed by atoms with Crippen LogP contribution in [0.3, 0.4) is 0 Å². The fourth-order valence-electron chi connectivity index (χ4n) is 5.62. The molecule has 0 bridgehead atoms. The zero-order valence-corrected chi connectivity index (χ0v) is 39.2. The standard InChI is InChI=1S/C8H8F2.2C8H9F.C8H16.C8H10.2C6H12O2/c1-5-3-7(9)6(2)8(10)4-5;2*1-6-3-4-7(2)8(9)5-6;2*1-7-3-5-8(2)6-4-7;2*1-5-3-7-6(2)8-4-5/h3-4H,1-2H3;2*3-5H,1-2H3;7-8H,3-6H2,1-2H3;3-6H,1-2H3;2*5-6H,3-4H2,1-2H3. The van der Waals surface area contributed by atoms with E-state index in [2.05, 4.69) is 65.8 Å². The normalized spacial score (nSPS) is 21.7. The largest absolute Gasteiger partial charge is 0.353 e. The Morgan fingerprint density at radius 3 is 0.867 bits per heavy atom. The van der Waals surface area contributed by atoms with Crippen LogP contribution in [0.25, 0.3) is 0 Å². The fourth-order valence-corrected chi connectivity index (χ4v) is 5.62. The molecular weight excluding hydrogens is 765 g/mol. The van der Waals surface area contributed by atoms with Crippen molar-refractivity contribution in [2.45, 2.75) is 135 Å². The first-order valence-corrected chi connectivity index (χ1v) is 21.5. The van der Waals surface area contributed by atoms with E-state index in [4.69, 9.17) is 18.9 Å². The minimum absolute atomic E-state index is 0.0196. The summed E-state index contributed by atoms with van der Waals surface area (Å²) >= 11 is 0. The van der Waals surface area contributed by atoms with Crippen molar-refractivity contribution >= 4 is 0 Å². The van der Waals surface area contributed by atoms with Crippen molar-refractivity contribution in [3.05, 3.63) is 141 Å². The van der Waals surface area contributed by atoms with E-state index in [0.717, 1.165) is 49.4 Å². The molecule has 0 aromatic heterocycles. The van der Waals surface area contributed by atoms with Crippen molar-refractivity contribution in [2.75, 3.05) is 26.4 Å². The van der Waals surface area contributed by atoms with Crippen LogP contribution in [-0.4, -0.2) is 39.0 Å². The summed E-state index contributed by atoms with van der Waals surface area (Å²) in [6.45, 7) is 30.8. The molecule has 3 aliphatic rings. The first-order valence-electron chi connectivity index (χ1n) is 21.5. The maximum Gasteiger partial charge on any atom is 0.154 e. The average molecular weight is 841 g/mol. The van der Waals surface area contributed by atoms with Gasteiger partial charge in [0.05, 0.1) is 26.4 Å². The molecule has 2 aliphatic heterocycles. The molecule has 7 rings (SSSR count). The van der Waals surface area contributed by atoms with Crippen molar-refractivity contribution in [1.82, 2.24) is 0 Å². The highest BCUT2D eigenvalue weighted by Gasteiger charge is 2.15. The summed E-state index contributed by atoms with van der Waals surface area (Å²) < 4.78 is 71.0. The molecule has 0 atom stereocenters. The van der Waals surface area contributed by atoms with Crippen molar-refractivity contribution in [1.29, 1.82) is 0 Å². The van der Waals surface area contributed by atoms with E-state index in [1.165, 1.54) is 68.0 Å². The Bertz CT molecular complexity index is 1570. The molecule has 4 aromatic rings. The van der Waals surface area contributed by atoms with E-state index in [1.807, 2.05) is 39.8 Å². The van der Waals surface area contributed by atoms with Crippen LogP contribution in [0.15, 0.2) is 72.8 Å². The lowest BCUT2D eigenvalue weighted by Crippen LogP contribution is -2.27. The minimum Gasteiger partial charge on any atom is -0.353 e. The molecule has 2 heterocycles. The molecule has 2 saturated heterocycles. The van der Waals surface area contributed by atoms with Crippen molar-refractivity contribution in [2.24, 2.45) is 23.7 Å². The van der Waals surface area contributed by atoms with Crippen molar-refractivity contribution in [3.63, 3.8) is 0 Å². The molecule has 336 valence electrons. The van der Waals surface area contributed by atoms with Crippen LogP contribution in [0.1, 0.15) is 112 Å². The Hall–Kier alpha value is -3.56. The number of aryl methyl sites for hydroxylation is 7. The second-order valence-electron chi connectivity index (χ2n) is 17.1. The number of hydrogen-bond donors (Lipinski definition) is 0. The van der Waals surface area contributed by atoms with Crippen LogP contribution in [0.2, 0.25) is 0 Å². The van der Waals surface area contributed by atoms with Gasteiger partial charge in [-0.2, -0.15) is 0 Å². The van der Waals surface area contributed by atoms with Crippen molar-refractivity contribution < 1.29 is 36.5 Å². The lowest BCUT2D eigenvalue weighted by molar-refractivity contribution is -0.187. The van der Waals surface area contributed by atoms with Crippen LogP contribution >= 0.6 is 0 Å². The molecule has 8 heteroatoms. The third-order valence-corrected chi connectivity index (χ3v) is 10.1. The maximum atomic E-state index is 12.6. The molecule has 4 aromatic carbocycles. The maximum absolute atomic E-state index is 12.6. The molecule has 1 saturated carbocycles. The van der Waals surface area contributed by atoms with E-state index in [9.17, 15) is 17.6 Å². The Labute approximate surface area is 361 Å². The first kappa shape index (κ1) is 54.5. The smallest absolute Gasteiger partial charge is 0.154 e. The average Bonchev–Trinajstić information content (AvgIpc) is 3.20. The van der Waals surface area contributed by atoms with E-state index in [0.29, 0.717) is 28.5 Å². The van der Waals surface area contributed by atoms with Gasteiger partial charge in [-0.15, -0.1) is 0 Å². The Morgan fingerprint density at radius 1 is 0.350 bits per heavy atom. The Kier molecular flexibility index (Phi) is 26.9. The predicted molar refractivity (Wildman–Crippen MR) is 241 cm³/mol. The van der Waals surface area contributed by atoms with Crippen LogP contribution < -0.4 is 0 Å². The van der Waals surface area contributed by atoms with Gasteiger partial charge in [-0.1, -0.05) is 113 Å². The summed E-state index contributed by atoms with van der Waals surface area (Å²) in [4.78, 5) is 0. The second kappa shape index (κ2) is 29.7. The van der Waals surface area contributed by atoms with Gasteiger partial charge in [0.15, 0.2) is 12.6 Å². The number of benzene rings is 4. The van der Waals surface area contributed by atoms with Gasteiger partial charge in [-0.3, -0.25) is 0 Å². The van der Waals surface area contributed by atoms with Crippen LogP contribution in [-0.2, 0) is 18.9 Å². The fraction of sp³-hybridized carbons (Fsp3) is 0.538. The lowest BCUT2D eigenvalue weighted by atomic mass is 9.84.